The number of nitrogens with one attached hydrogen (secondary N) is 1. The molecule has 0 amide bonds. The van der Waals surface area contributed by atoms with E-state index in [1.807, 2.05) is 30.4 Å². The van der Waals surface area contributed by atoms with Gasteiger partial charge in [0, 0.05) is 23.9 Å². The van der Waals surface area contributed by atoms with E-state index >= 15 is 0 Å². The summed E-state index contributed by atoms with van der Waals surface area (Å²) >= 11 is 1.83. The second-order valence-corrected chi connectivity index (χ2v) is 7.48. The molecule has 0 spiro atoms. The molecule has 1 aliphatic carbocycles. The zero-order valence-corrected chi connectivity index (χ0v) is 13.1. The van der Waals surface area contributed by atoms with Crippen molar-refractivity contribution in [2.24, 2.45) is 7.05 Å². The molecule has 4 nitrogen and oxygen atoms in total. The van der Waals surface area contributed by atoms with E-state index < -0.39 is 0 Å². The smallest absolute Gasteiger partial charge is 0.0941 e. The van der Waals surface area contributed by atoms with Gasteiger partial charge in [0.2, 0.25) is 0 Å². The lowest BCUT2D eigenvalue weighted by atomic mass is 9.97. The van der Waals surface area contributed by atoms with E-state index in [0.29, 0.717) is 11.3 Å². The van der Waals surface area contributed by atoms with Gasteiger partial charge in [-0.25, -0.2) is 0 Å². The quantitative estimate of drug-likeness (QED) is 0.753. The predicted octanol–water partition coefficient (Wildman–Crippen LogP) is 2.10. The molecular weight excluding hydrogens is 258 g/mol. The lowest BCUT2D eigenvalue weighted by Gasteiger charge is -2.31. The number of aryl methyl sites for hydroxylation is 2. The third-order valence-electron chi connectivity index (χ3n) is 3.50. The van der Waals surface area contributed by atoms with Crippen molar-refractivity contribution in [1.29, 1.82) is 0 Å². The third kappa shape index (κ3) is 4.23. The monoisotopic (exact) mass is 283 g/mol. The molecular formula is C14H25N3OS. The Bertz CT molecular complexity index is 430. The van der Waals surface area contributed by atoms with E-state index in [-0.39, 0.29) is 12.1 Å². The van der Waals surface area contributed by atoms with E-state index in [0.717, 1.165) is 12.1 Å². The predicted molar refractivity (Wildman–Crippen MR) is 79.5 cm³/mol. The van der Waals surface area contributed by atoms with Gasteiger partial charge in [0.05, 0.1) is 17.3 Å². The summed E-state index contributed by atoms with van der Waals surface area (Å²) in [5.74, 6) is 0. The summed E-state index contributed by atoms with van der Waals surface area (Å²) in [6.45, 7) is 6.55. The first-order valence-corrected chi connectivity index (χ1v) is 7.86. The van der Waals surface area contributed by atoms with Crippen molar-refractivity contribution in [3.05, 3.63) is 11.8 Å². The zero-order valence-electron chi connectivity index (χ0n) is 12.3. The molecule has 1 aliphatic rings. The second kappa shape index (κ2) is 5.85. The van der Waals surface area contributed by atoms with E-state index in [9.17, 15) is 5.11 Å². The van der Waals surface area contributed by atoms with Gasteiger partial charge in [-0.05, 0) is 39.2 Å². The van der Waals surface area contributed by atoms with Gasteiger partial charge < -0.3 is 10.4 Å². The van der Waals surface area contributed by atoms with Crippen LogP contribution in [0, 0.1) is 6.92 Å². The van der Waals surface area contributed by atoms with E-state index in [1.54, 1.807) is 0 Å². The van der Waals surface area contributed by atoms with E-state index in [4.69, 9.17) is 0 Å². The maximum Gasteiger partial charge on any atom is 0.0941 e. The van der Waals surface area contributed by atoms with Crippen molar-refractivity contribution in [3.8, 4) is 0 Å². The molecule has 19 heavy (non-hydrogen) atoms. The first-order valence-electron chi connectivity index (χ1n) is 6.98. The summed E-state index contributed by atoms with van der Waals surface area (Å²) in [5, 5.41) is 19.2. The molecule has 1 aromatic heterocycles. The van der Waals surface area contributed by atoms with Crippen LogP contribution in [0.3, 0.4) is 0 Å². The highest BCUT2D eigenvalue weighted by atomic mass is 32.2. The molecule has 0 radical (unpaired) electrons. The average molecular weight is 283 g/mol. The molecule has 2 N–H and O–H groups in total. The number of thioether (sulfide) groups is 1. The Morgan fingerprint density at radius 2 is 2.32 bits per heavy atom. The van der Waals surface area contributed by atoms with Gasteiger partial charge in [-0.3, -0.25) is 4.68 Å². The molecule has 2 unspecified atom stereocenters. The van der Waals surface area contributed by atoms with Crippen molar-refractivity contribution in [2.75, 3.05) is 6.61 Å². The van der Waals surface area contributed by atoms with Crippen LogP contribution < -0.4 is 5.32 Å². The van der Waals surface area contributed by atoms with Gasteiger partial charge in [0.1, 0.15) is 0 Å². The lowest BCUT2D eigenvalue weighted by Crippen LogP contribution is -2.48. The molecule has 0 bridgehead atoms. The van der Waals surface area contributed by atoms with Crippen LogP contribution in [-0.4, -0.2) is 38.3 Å². The summed E-state index contributed by atoms with van der Waals surface area (Å²) in [4.78, 5) is 0. The zero-order chi connectivity index (χ0) is 14.0. The molecule has 0 aliphatic heterocycles. The van der Waals surface area contributed by atoms with Crippen molar-refractivity contribution < 1.29 is 5.11 Å². The highest BCUT2D eigenvalue weighted by Crippen LogP contribution is 2.31. The number of aromatic nitrogens is 2. The topological polar surface area (TPSA) is 50.1 Å². The standard InChI is InChI=1S/C14H25N3OS/c1-10-7-13(17(4)16-10)19-11(2)8-14(3,9-18)15-12-5-6-12/h7,11-12,15,18H,5-6,8-9H2,1-4H3. The van der Waals surface area contributed by atoms with Crippen molar-refractivity contribution >= 4 is 11.8 Å². The Balaban J connectivity index is 1.91. The molecule has 1 aromatic rings. The van der Waals surface area contributed by atoms with Gasteiger partial charge in [0.25, 0.3) is 0 Å². The van der Waals surface area contributed by atoms with Crippen molar-refractivity contribution in [3.63, 3.8) is 0 Å². The minimum absolute atomic E-state index is 0.165. The molecule has 0 aromatic carbocycles. The normalized spacial score (nSPS) is 20.3. The fourth-order valence-electron chi connectivity index (χ4n) is 2.47. The summed E-state index contributed by atoms with van der Waals surface area (Å²) in [5.41, 5.74) is 0.888. The van der Waals surface area contributed by atoms with Gasteiger partial charge >= 0.3 is 0 Å². The van der Waals surface area contributed by atoms with E-state index in [2.05, 4.69) is 30.3 Å². The lowest BCUT2D eigenvalue weighted by molar-refractivity contribution is 0.164. The van der Waals surface area contributed by atoms with Crippen molar-refractivity contribution in [2.45, 2.75) is 61.9 Å². The summed E-state index contributed by atoms with van der Waals surface area (Å²) in [6.07, 6.45) is 3.45. The summed E-state index contributed by atoms with van der Waals surface area (Å²) < 4.78 is 1.93. The number of hydrogen-bond acceptors (Lipinski definition) is 4. The Morgan fingerprint density at radius 3 is 2.79 bits per heavy atom. The highest BCUT2D eigenvalue weighted by Gasteiger charge is 2.33. The van der Waals surface area contributed by atoms with Crippen LogP contribution in [-0.2, 0) is 7.05 Å². The van der Waals surface area contributed by atoms with Crippen LogP contribution in [0.5, 0.6) is 0 Å². The molecule has 1 heterocycles. The molecule has 5 heteroatoms. The first-order chi connectivity index (χ1) is 8.92. The minimum atomic E-state index is -0.165. The SMILES string of the molecule is Cc1cc(SC(C)CC(C)(CO)NC2CC2)n(C)n1. The number of hydrogen-bond donors (Lipinski definition) is 2. The van der Waals surface area contributed by atoms with Crippen molar-refractivity contribution in [1.82, 2.24) is 15.1 Å². The van der Waals surface area contributed by atoms with Crippen LogP contribution in [0.2, 0.25) is 0 Å². The number of aliphatic hydroxyl groups is 1. The van der Waals surface area contributed by atoms with Crippen LogP contribution in [0.4, 0.5) is 0 Å². The number of rotatable bonds is 7. The van der Waals surface area contributed by atoms with Gasteiger partial charge in [-0.2, -0.15) is 5.10 Å². The molecule has 1 fully saturated rings. The van der Waals surface area contributed by atoms with Crippen LogP contribution in [0.15, 0.2) is 11.1 Å². The Kier molecular flexibility index (Phi) is 4.58. The molecule has 2 rings (SSSR count). The third-order valence-corrected chi connectivity index (χ3v) is 4.69. The fourth-order valence-corrected chi connectivity index (χ4v) is 3.76. The maximum atomic E-state index is 9.65. The molecule has 1 saturated carbocycles. The maximum absolute atomic E-state index is 9.65. The minimum Gasteiger partial charge on any atom is -0.394 e. The summed E-state index contributed by atoms with van der Waals surface area (Å²) in [6, 6.07) is 2.74. The highest BCUT2D eigenvalue weighted by molar-refractivity contribution is 7.99. The van der Waals surface area contributed by atoms with E-state index in [1.165, 1.54) is 17.9 Å². The van der Waals surface area contributed by atoms with Crippen LogP contribution in [0.25, 0.3) is 0 Å². The fraction of sp³-hybridized carbons (Fsp3) is 0.786. The second-order valence-electron chi connectivity index (χ2n) is 6.02. The van der Waals surface area contributed by atoms with Gasteiger partial charge in [-0.1, -0.05) is 6.92 Å². The van der Waals surface area contributed by atoms with Gasteiger partial charge in [0.15, 0.2) is 0 Å². The van der Waals surface area contributed by atoms with Crippen LogP contribution >= 0.6 is 11.8 Å². The Hall–Kier alpha value is -0.520. The van der Waals surface area contributed by atoms with Crippen LogP contribution in [0.1, 0.15) is 38.8 Å². The number of nitrogens with zero attached hydrogens (tertiary/aromatic N) is 2. The Morgan fingerprint density at radius 1 is 1.63 bits per heavy atom. The largest absolute Gasteiger partial charge is 0.394 e. The Labute approximate surface area is 120 Å². The van der Waals surface area contributed by atoms with Gasteiger partial charge in [-0.15, -0.1) is 11.8 Å². The molecule has 0 saturated heterocycles. The molecule has 2 atom stereocenters. The molecule has 108 valence electrons. The number of aliphatic hydroxyl groups excluding tert-OH is 1. The first kappa shape index (κ1) is 14.9. The summed E-state index contributed by atoms with van der Waals surface area (Å²) in [7, 11) is 1.98. The average Bonchev–Trinajstić information content (AvgIpc) is 3.05.